The SMILES string of the molecule is CCCC(C)N(C)CCC(O)c1ccc(F)cn1. The summed E-state index contributed by atoms with van der Waals surface area (Å²) in [6, 6.07) is 3.38. The molecule has 0 bridgehead atoms. The molecule has 18 heavy (non-hydrogen) atoms. The molecule has 1 heterocycles. The molecule has 1 aromatic heterocycles. The van der Waals surface area contributed by atoms with Gasteiger partial charge in [-0.25, -0.2) is 4.39 Å². The van der Waals surface area contributed by atoms with Gasteiger partial charge in [0.15, 0.2) is 0 Å². The number of hydrogen-bond acceptors (Lipinski definition) is 3. The van der Waals surface area contributed by atoms with E-state index in [9.17, 15) is 9.50 Å². The number of hydrogen-bond donors (Lipinski definition) is 1. The molecule has 0 aliphatic heterocycles. The Morgan fingerprint density at radius 2 is 2.11 bits per heavy atom. The van der Waals surface area contributed by atoms with Crippen LogP contribution in [-0.2, 0) is 0 Å². The summed E-state index contributed by atoms with van der Waals surface area (Å²) in [5.41, 5.74) is 0.535. The van der Waals surface area contributed by atoms with Crippen molar-refractivity contribution < 1.29 is 9.50 Å². The second-order valence-electron chi connectivity index (χ2n) is 4.82. The minimum Gasteiger partial charge on any atom is -0.387 e. The standard InChI is InChI=1S/C14H23FN2O/c1-4-5-11(2)17(3)9-8-14(18)13-7-6-12(15)10-16-13/h6-7,10-11,14,18H,4-5,8-9H2,1-3H3. The lowest BCUT2D eigenvalue weighted by molar-refractivity contribution is 0.133. The minimum absolute atomic E-state index is 0.375. The summed E-state index contributed by atoms with van der Waals surface area (Å²) in [7, 11) is 2.06. The van der Waals surface area contributed by atoms with E-state index in [4.69, 9.17) is 0 Å². The summed E-state index contributed by atoms with van der Waals surface area (Å²) in [6.07, 6.45) is 3.45. The molecule has 0 aliphatic rings. The Balaban J connectivity index is 2.41. The topological polar surface area (TPSA) is 36.4 Å². The summed E-state index contributed by atoms with van der Waals surface area (Å²) in [6.45, 7) is 5.16. The third-order valence-corrected chi connectivity index (χ3v) is 3.31. The first kappa shape index (κ1) is 15.1. The Labute approximate surface area is 109 Å². The van der Waals surface area contributed by atoms with E-state index in [0.29, 0.717) is 18.2 Å². The lowest BCUT2D eigenvalue weighted by Gasteiger charge is -2.25. The number of aromatic nitrogens is 1. The summed E-state index contributed by atoms with van der Waals surface area (Å²) < 4.78 is 12.7. The number of pyridine rings is 1. The molecule has 0 saturated carbocycles. The van der Waals surface area contributed by atoms with E-state index in [1.807, 2.05) is 0 Å². The van der Waals surface area contributed by atoms with E-state index in [-0.39, 0.29) is 5.82 Å². The molecule has 0 radical (unpaired) electrons. The predicted octanol–water partition coefficient (Wildman–Crippen LogP) is 2.76. The Morgan fingerprint density at radius 3 is 2.67 bits per heavy atom. The van der Waals surface area contributed by atoms with Crippen molar-refractivity contribution in [3.63, 3.8) is 0 Å². The maximum atomic E-state index is 12.7. The van der Waals surface area contributed by atoms with Gasteiger partial charge < -0.3 is 10.0 Å². The lowest BCUT2D eigenvalue weighted by Crippen LogP contribution is -2.30. The van der Waals surface area contributed by atoms with Gasteiger partial charge >= 0.3 is 0 Å². The van der Waals surface area contributed by atoms with Gasteiger partial charge in [0.1, 0.15) is 5.82 Å². The molecule has 0 aliphatic carbocycles. The van der Waals surface area contributed by atoms with Crippen LogP contribution < -0.4 is 0 Å². The van der Waals surface area contributed by atoms with Crippen molar-refractivity contribution in [3.05, 3.63) is 29.8 Å². The molecule has 2 atom stereocenters. The van der Waals surface area contributed by atoms with Crippen LogP contribution in [0.4, 0.5) is 4.39 Å². The summed E-state index contributed by atoms with van der Waals surface area (Å²) in [5.74, 6) is -0.375. The van der Waals surface area contributed by atoms with E-state index in [0.717, 1.165) is 25.6 Å². The van der Waals surface area contributed by atoms with Crippen molar-refractivity contribution in [2.45, 2.75) is 45.3 Å². The van der Waals surface area contributed by atoms with Crippen LogP contribution in [0, 0.1) is 5.82 Å². The van der Waals surface area contributed by atoms with Gasteiger partial charge in [-0.2, -0.15) is 0 Å². The van der Waals surface area contributed by atoms with Crippen LogP contribution in [0.2, 0.25) is 0 Å². The van der Waals surface area contributed by atoms with Crippen LogP contribution >= 0.6 is 0 Å². The summed E-state index contributed by atoms with van der Waals surface area (Å²) in [4.78, 5) is 6.13. The van der Waals surface area contributed by atoms with Gasteiger partial charge in [-0.05, 0) is 38.9 Å². The van der Waals surface area contributed by atoms with Crippen LogP contribution in [0.15, 0.2) is 18.3 Å². The maximum Gasteiger partial charge on any atom is 0.141 e. The van der Waals surface area contributed by atoms with Crippen molar-refractivity contribution >= 4 is 0 Å². The number of halogens is 1. The number of aliphatic hydroxyl groups is 1. The molecule has 102 valence electrons. The quantitative estimate of drug-likeness (QED) is 0.813. The molecule has 3 nitrogen and oxygen atoms in total. The first-order chi connectivity index (χ1) is 8.54. The highest BCUT2D eigenvalue weighted by Crippen LogP contribution is 2.15. The van der Waals surface area contributed by atoms with Gasteiger partial charge in [-0.15, -0.1) is 0 Å². The van der Waals surface area contributed by atoms with Crippen LogP contribution in [0.1, 0.15) is 44.9 Å². The smallest absolute Gasteiger partial charge is 0.141 e. The van der Waals surface area contributed by atoms with E-state index in [1.165, 1.54) is 12.1 Å². The Kier molecular flexibility index (Phi) is 6.22. The van der Waals surface area contributed by atoms with Crippen LogP contribution in [0.5, 0.6) is 0 Å². The molecule has 0 amide bonds. The van der Waals surface area contributed by atoms with E-state index >= 15 is 0 Å². The van der Waals surface area contributed by atoms with Gasteiger partial charge in [-0.3, -0.25) is 4.98 Å². The fourth-order valence-electron chi connectivity index (χ4n) is 1.92. The molecule has 4 heteroatoms. The first-order valence-corrected chi connectivity index (χ1v) is 6.54. The zero-order valence-corrected chi connectivity index (χ0v) is 11.4. The first-order valence-electron chi connectivity index (χ1n) is 6.54. The van der Waals surface area contributed by atoms with Gasteiger partial charge in [0, 0.05) is 12.6 Å². The van der Waals surface area contributed by atoms with E-state index in [1.54, 1.807) is 0 Å². The van der Waals surface area contributed by atoms with E-state index < -0.39 is 6.10 Å². The highest BCUT2D eigenvalue weighted by Gasteiger charge is 2.13. The molecule has 1 rings (SSSR count). The zero-order chi connectivity index (χ0) is 13.5. The monoisotopic (exact) mass is 254 g/mol. The van der Waals surface area contributed by atoms with Crippen LogP contribution in [0.3, 0.4) is 0 Å². The Morgan fingerprint density at radius 1 is 1.39 bits per heavy atom. The van der Waals surface area contributed by atoms with Gasteiger partial charge in [0.2, 0.25) is 0 Å². The number of aliphatic hydroxyl groups excluding tert-OH is 1. The highest BCUT2D eigenvalue weighted by molar-refractivity contribution is 5.07. The highest BCUT2D eigenvalue weighted by atomic mass is 19.1. The van der Waals surface area contributed by atoms with Gasteiger partial charge in [0.25, 0.3) is 0 Å². The zero-order valence-electron chi connectivity index (χ0n) is 11.4. The third-order valence-electron chi connectivity index (χ3n) is 3.31. The van der Waals surface area contributed by atoms with Crippen molar-refractivity contribution in [2.24, 2.45) is 0 Å². The lowest BCUT2D eigenvalue weighted by atomic mass is 10.1. The van der Waals surface area contributed by atoms with E-state index in [2.05, 4.69) is 30.8 Å². The second-order valence-corrected chi connectivity index (χ2v) is 4.82. The Bertz CT molecular complexity index is 342. The third kappa shape index (κ3) is 4.70. The molecular weight excluding hydrogens is 231 g/mol. The van der Waals surface area contributed by atoms with Crippen LogP contribution in [-0.4, -0.2) is 34.6 Å². The normalized spacial score (nSPS) is 14.8. The second kappa shape index (κ2) is 7.44. The largest absolute Gasteiger partial charge is 0.387 e. The molecule has 1 aromatic rings. The molecular formula is C14H23FN2O. The van der Waals surface area contributed by atoms with Crippen molar-refractivity contribution in [3.8, 4) is 0 Å². The van der Waals surface area contributed by atoms with Crippen molar-refractivity contribution in [1.82, 2.24) is 9.88 Å². The van der Waals surface area contributed by atoms with Crippen molar-refractivity contribution in [2.75, 3.05) is 13.6 Å². The van der Waals surface area contributed by atoms with Gasteiger partial charge in [-0.1, -0.05) is 13.3 Å². The Hall–Kier alpha value is -1.00. The molecule has 0 aromatic carbocycles. The minimum atomic E-state index is -0.623. The molecule has 0 fully saturated rings. The molecule has 0 spiro atoms. The maximum absolute atomic E-state index is 12.7. The fourth-order valence-corrected chi connectivity index (χ4v) is 1.92. The number of nitrogens with zero attached hydrogens (tertiary/aromatic N) is 2. The fraction of sp³-hybridized carbons (Fsp3) is 0.643. The average Bonchev–Trinajstić information content (AvgIpc) is 2.36. The number of rotatable bonds is 7. The summed E-state index contributed by atoms with van der Waals surface area (Å²) in [5, 5.41) is 9.96. The van der Waals surface area contributed by atoms with Crippen LogP contribution in [0.25, 0.3) is 0 Å². The molecule has 1 N–H and O–H groups in total. The molecule has 2 unspecified atom stereocenters. The van der Waals surface area contributed by atoms with Gasteiger partial charge in [0.05, 0.1) is 18.0 Å². The average molecular weight is 254 g/mol. The summed E-state index contributed by atoms with van der Waals surface area (Å²) >= 11 is 0. The molecule has 0 saturated heterocycles. The predicted molar refractivity (Wildman–Crippen MR) is 70.8 cm³/mol. The van der Waals surface area contributed by atoms with Crippen molar-refractivity contribution in [1.29, 1.82) is 0 Å².